The number of anilines is 2. The highest BCUT2D eigenvalue weighted by molar-refractivity contribution is 6.34. The van der Waals surface area contributed by atoms with Gasteiger partial charge in [-0.2, -0.15) is 0 Å². The van der Waals surface area contributed by atoms with Crippen molar-refractivity contribution in [2.45, 2.75) is 25.2 Å². The quantitative estimate of drug-likeness (QED) is 0.819. The van der Waals surface area contributed by atoms with Crippen LogP contribution in [0.2, 0.25) is 5.02 Å². The maximum Gasteiger partial charge on any atom is 0.307 e. The zero-order valence-corrected chi connectivity index (χ0v) is 15.3. The van der Waals surface area contributed by atoms with Gasteiger partial charge < -0.3 is 15.3 Å². The van der Waals surface area contributed by atoms with Gasteiger partial charge >= 0.3 is 5.97 Å². The maximum atomic E-state index is 12.6. The number of nitrogens with one attached hydrogen (secondary N) is 1. The van der Waals surface area contributed by atoms with E-state index in [2.05, 4.69) is 15.3 Å². The molecule has 1 aromatic heterocycles. The Morgan fingerprint density at radius 3 is 2.52 bits per heavy atom. The fraction of sp³-hybridized carbons (Fsp3) is 0.368. The zero-order chi connectivity index (χ0) is 19.0. The van der Waals surface area contributed by atoms with Crippen molar-refractivity contribution in [3.63, 3.8) is 0 Å². The van der Waals surface area contributed by atoms with Gasteiger partial charge in [0.25, 0.3) is 5.91 Å². The molecule has 7 nitrogen and oxygen atoms in total. The van der Waals surface area contributed by atoms with E-state index >= 15 is 0 Å². The van der Waals surface area contributed by atoms with Crippen LogP contribution in [0.4, 0.5) is 11.6 Å². The minimum Gasteiger partial charge on any atom is -0.481 e. The van der Waals surface area contributed by atoms with E-state index in [9.17, 15) is 9.59 Å². The second kappa shape index (κ2) is 7.15. The number of aliphatic carboxylic acids is 1. The Kier molecular flexibility index (Phi) is 4.70. The van der Waals surface area contributed by atoms with Gasteiger partial charge in [0, 0.05) is 18.8 Å². The fourth-order valence-electron chi connectivity index (χ4n) is 3.43. The molecular weight excluding hydrogens is 368 g/mol. The van der Waals surface area contributed by atoms with Crippen LogP contribution in [0.15, 0.2) is 30.5 Å². The monoisotopic (exact) mass is 386 g/mol. The number of benzene rings is 1. The van der Waals surface area contributed by atoms with E-state index < -0.39 is 11.9 Å². The normalized spacial score (nSPS) is 21.1. The lowest BCUT2D eigenvalue weighted by molar-refractivity contribution is -0.138. The van der Waals surface area contributed by atoms with Gasteiger partial charge in [0.15, 0.2) is 5.69 Å². The minimum absolute atomic E-state index is 0.0616. The van der Waals surface area contributed by atoms with Crippen molar-refractivity contribution >= 4 is 35.1 Å². The largest absolute Gasteiger partial charge is 0.481 e. The van der Waals surface area contributed by atoms with Crippen LogP contribution < -0.4 is 10.2 Å². The molecule has 2 N–H and O–H groups in total. The fourth-order valence-corrected chi connectivity index (χ4v) is 3.60. The van der Waals surface area contributed by atoms with Gasteiger partial charge in [0.05, 0.1) is 17.1 Å². The molecule has 140 valence electrons. The van der Waals surface area contributed by atoms with Crippen LogP contribution in [0.1, 0.15) is 41.2 Å². The van der Waals surface area contributed by atoms with Gasteiger partial charge in [0.1, 0.15) is 0 Å². The number of carboxylic acids is 1. The number of rotatable bonds is 5. The topological polar surface area (TPSA) is 95.4 Å². The summed E-state index contributed by atoms with van der Waals surface area (Å²) in [6.07, 6.45) is 4.30. The van der Waals surface area contributed by atoms with Crippen LogP contribution in [0.5, 0.6) is 0 Å². The highest BCUT2D eigenvalue weighted by Crippen LogP contribution is 2.47. The molecule has 2 fully saturated rings. The van der Waals surface area contributed by atoms with Crippen molar-refractivity contribution in [3.8, 4) is 0 Å². The first kappa shape index (κ1) is 17.7. The summed E-state index contributed by atoms with van der Waals surface area (Å²) in [6.45, 7) is 1.76. The Hall–Kier alpha value is -2.67. The number of hydrogen-bond acceptors (Lipinski definition) is 5. The van der Waals surface area contributed by atoms with Gasteiger partial charge in [-0.3, -0.25) is 9.59 Å². The predicted octanol–water partition coefficient (Wildman–Crippen LogP) is 3.17. The van der Waals surface area contributed by atoms with Gasteiger partial charge in [-0.25, -0.2) is 9.97 Å². The van der Waals surface area contributed by atoms with E-state index in [0.717, 1.165) is 31.5 Å². The molecule has 2 atom stereocenters. The SMILES string of the molecule is O=C(Nc1ccc([C@@H]2C[C@H]2C(=O)O)cc1)c1nc(N2CCCC2)ncc1Cl. The molecule has 2 heterocycles. The van der Waals surface area contributed by atoms with Crippen molar-refractivity contribution in [2.24, 2.45) is 5.92 Å². The lowest BCUT2D eigenvalue weighted by Gasteiger charge is -2.16. The number of carbonyl (C=O) groups is 2. The molecule has 1 aliphatic carbocycles. The molecule has 0 unspecified atom stereocenters. The minimum atomic E-state index is -0.760. The Balaban J connectivity index is 1.46. The van der Waals surface area contributed by atoms with Crippen LogP contribution >= 0.6 is 11.6 Å². The standard InChI is InChI=1S/C19H19ClN4O3/c20-15-10-21-19(24-7-1-2-8-24)23-16(15)17(25)22-12-5-3-11(4-6-12)13-9-14(13)18(26)27/h3-6,10,13-14H,1-2,7-9H2,(H,22,25)(H,26,27)/t13-,14+/m0/s1. The highest BCUT2D eigenvalue weighted by Gasteiger charge is 2.44. The van der Waals surface area contributed by atoms with Crippen LogP contribution in [-0.2, 0) is 4.79 Å². The number of hydrogen-bond donors (Lipinski definition) is 2. The van der Waals surface area contributed by atoms with Crippen LogP contribution in [-0.4, -0.2) is 40.0 Å². The molecule has 8 heteroatoms. The molecule has 0 spiro atoms. The molecule has 0 bridgehead atoms. The number of halogens is 1. The first-order valence-corrected chi connectivity index (χ1v) is 9.32. The zero-order valence-electron chi connectivity index (χ0n) is 14.6. The summed E-state index contributed by atoms with van der Waals surface area (Å²) < 4.78 is 0. The molecule has 2 aromatic rings. The Bertz CT molecular complexity index is 881. The summed E-state index contributed by atoms with van der Waals surface area (Å²) >= 11 is 6.12. The third-order valence-electron chi connectivity index (χ3n) is 5.04. The van der Waals surface area contributed by atoms with E-state index in [0.29, 0.717) is 18.1 Å². The average molecular weight is 387 g/mol. The third-order valence-corrected chi connectivity index (χ3v) is 5.32. The molecule has 1 aromatic carbocycles. The Morgan fingerprint density at radius 1 is 1.19 bits per heavy atom. The highest BCUT2D eigenvalue weighted by atomic mass is 35.5. The molecule has 1 aliphatic heterocycles. The second-order valence-corrected chi connectivity index (χ2v) is 7.33. The number of carbonyl (C=O) groups excluding carboxylic acids is 1. The van der Waals surface area contributed by atoms with Crippen molar-refractivity contribution in [1.82, 2.24) is 9.97 Å². The van der Waals surface area contributed by atoms with E-state index in [4.69, 9.17) is 16.7 Å². The molecule has 1 amide bonds. The lowest BCUT2D eigenvalue weighted by atomic mass is 10.1. The van der Waals surface area contributed by atoms with Crippen molar-refractivity contribution in [2.75, 3.05) is 23.3 Å². The number of aromatic nitrogens is 2. The predicted molar refractivity (Wildman–Crippen MR) is 101 cm³/mol. The van der Waals surface area contributed by atoms with E-state index in [-0.39, 0.29) is 22.6 Å². The number of carboxylic acid groups (broad SMARTS) is 1. The molecular formula is C19H19ClN4O3. The first-order valence-electron chi connectivity index (χ1n) is 8.94. The molecule has 27 heavy (non-hydrogen) atoms. The van der Waals surface area contributed by atoms with E-state index in [1.54, 1.807) is 12.1 Å². The maximum absolute atomic E-state index is 12.6. The summed E-state index contributed by atoms with van der Waals surface area (Å²) in [5.74, 6) is -0.873. The van der Waals surface area contributed by atoms with Gasteiger partial charge in [-0.1, -0.05) is 23.7 Å². The number of amides is 1. The lowest BCUT2D eigenvalue weighted by Crippen LogP contribution is -2.23. The smallest absolute Gasteiger partial charge is 0.307 e. The van der Waals surface area contributed by atoms with Crippen LogP contribution in [0.3, 0.4) is 0 Å². The molecule has 4 rings (SSSR count). The van der Waals surface area contributed by atoms with E-state index in [1.807, 2.05) is 17.0 Å². The summed E-state index contributed by atoms with van der Waals surface area (Å²) in [4.78, 5) is 34.2. The summed E-state index contributed by atoms with van der Waals surface area (Å²) in [5.41, 5.74) is 1.72. The summed E-state index contributed by atoms with van der Waals surface area (Å²) in [5, 5.41) is 12.0. The van der Waals surface area contributed by atoms with Crippen LogP contribution in [0.25, 0.3) is 0 Å². The third kappa shape index (κ3) is 3.73. The van der Waals surface area contributed by atoms with Crippen LogP contribution in [0, 0.1) is 5.92 Å². The van der Waals surface area contributed by atoms with Crippen molar-refractivity contribution in [1.29, 1.82) is 0 Å². The Morgan fingerprint density at radius 2 is 1.89 bits per heavy atom. The first-order chi connectivity index (χ1) is 13.0. The van der Waals surface area contributed by atoms with Crippen molar-refractivity contribution < 1.29 is 14.7 Å². The number of nitrogens with zero attached hydrogens (tertiary/aromatic N) is 3. The van der Waals surface area contributed by atoms with Gasteiger partial charge in [0.2, 0.25) is 5.95 Å². The van der Waals surface area contributed by atoms with Gasteiger partial charge in [-0.05, 0) is 42.9 Å². The summed E-state index contributed by atoms with van der Waals surface area (Å²) in [7, 11) is 0. The molecule has 1 saturated heterocycles. The average Bonchev–Trinajstić information content (AvgIpc) is 3.28. The second-order valence-electron chi connectivity index (χ2n) is 6.92. The van der Waals surface area contributed by atoms with Crippen molar-refractivity contribution in [3.05, 3.63) is 46.7 Å². The summed E-state index contributed by atoms with van der Waals surface area (Å²) in [6, 6.07) is 7.23. The Labute approximate surface area is 161 Å². The van der Waals surface area contributed by atoms with Gasteiger partial charge in [-0.15, -0.1) is 0 Å². The molecule has 0 radical (unpaired) electrons. The molecule has 2 aliphatic rings. The van der Waals surface area contributed by atoms with E-state index in [1.165, 1.54) is 6.20 Å². The molecule has 1 saturated carbocycles.